The van der Waals surface area contributed by atoms with E-state index in [1.54, 1.807) is 12.1 Å². The van der Waals surface area contributed by atoms with Crippen LogP contribution in [0.4, 0.5) is 0 Å². The summed E-state index contributed by atoms with van der Waals surface area (Å²) >= 11 is 11.6. The summed E-state index contributed by atoms with van der Waals surface area (Å²) in [7, 11) is 0. The quantitative estimate of drug-likeness (QED) is 0.753. The van der Waals surface area contributed by atoms with Crippen molar-refractivity contribution in [2.75, 3.05) is 0 Å². The molecular weight excluding hydrogens is 380 g/mol. The fourth-order valence-electron chi connectivity index (χ4n) is 1.50. The van der Waals surface area contributed by atoms with Crippen LogP contribution in [0.1, 0.15) is 30.1 Å². The van der Waals surface area contributed by atoms with Gasteiger partial charge in [-0.2, -0.15) is 0 Å². The van der Waals surface area contributed by atoms with E-state index in [4.69, 9.17) is 18.0 Å². The zero-order chi connectivity index (χ0) is 13.7. The van der Waals surface area contributed by atoms with Gasteiger partial charge >= 0.3 is 0 Å². The fraction of sp³-hybridized carbons (Fsp3) is 0.333. The van der Waals surface area contributed by atoms with Gasteiger partial charge in [0.1, 0.15) is 0 Å². The minimum Gasteiger partial charge on any atom is -0.392 e. The third-order valence-electron chi connectivity index (χ3n) is 2.35. The topological polar surface area (TPSA) is 55.1 Å². The van der Waals surface area contributed by atoms with Crippen LogP contribution in [0.15, 0.2) is 27.1 Å². The molecule has 6 heteroatoms. The van der Waals surface area contributed by atoms with Crippen LogP contribution in [0.2, 0.25) is 0 Å². The van der Waals surface area contributed by atoms with Gasteiger partial charge in [-0.1, -0.05) is 57.4 Å². The van der Waals surface area contributed by atoms with Crippen molar-refractivity contribution in [1.82, 2.24) is 5.32 Å². The van der Waals surface area contributed by atoms with E-state index in [0.717, 1.165) is 21.8 Å². The van der Waals surface area contributed by atoms with E-state index < -0.39 is 0 Å². The highest BCUT2D eigenvalue weighted by Gasteiger charge is 2.15. The van der Waals surface area contributed by atoms with Crippen LogP contribution >= 0.6 is 44.1 Å². The maximum Gasteiger partial charge on any atom is 0.251 e. The average molecular weight is 394 g/mol. The molecular formula is C12H14Br2N2OS. The number of nitrogens with one attached hydrogen (secondary N) is 1. The molecule has 1 atom stereocenters. The number of nitrogens with two attached hydrogens (primary N) is 1. The summed E-state index contributed by atoms with van der Waals surface area (Å²) in [6.07, 6.45) is 1.65. The number of benzene rings is 1. The van der Waals surface area contributed by atoms with Crippen molar-refractivity contribution in [3.8, 4) is 0 Å². The Hall–Kier alpha value is -0.460. The van der Waals surface area contributed by atoms with Gasteiger partial charge in [-0.15, -0.1) is 0 Å². The van der Waals surface area contributed by atoms with Crippen LogP contribution in [0, 0.1) is 0 Å². The molecule has 0 bridgehead atoms. The highest BCUT2D eigenvalue weighted by Crippen LogP contribution is 2.20. The second-order valence-electron chi connectivity index (χ2n) is 3.88. The second kappa shape index (κ2) is 7.21. The van der Waals surface area contributed by atoms with Gasteiger partial charge in [-0.3, -0.25) is 4.79 Å². The number of hydrogen-bond donors (Lipinski definition) is 2. The lowest BCUT2D eigenvalue weighted by Crippen LogP contribution is -2.43. The van der Waals surface area contributed by atoms with E-state index in [0.29, 0.717) is 10.6 Å². The molecule has 0 heterocycles. The van der Waals surface area contributed by atoms with Gasteiger partial charge in [0, 0.05) is 14.5 Å². The molecule has 0 aromatic heterocycles. The molecule has 0 saturated carbocycles. The molecule has 0 saturated heterocycles. The zero-order valence-corrected chi connectivity index (χ0v) is 13.9. The minimum atomic E-state index is -0.254. The Labute approximate surface area is 129 Å². The Morgan fingerprint density at radius 1 is 1.39 bits per heavy atom. The second-order valence-corrected chi connectivity index (χ2v) is 6.18. The normalized spacial score (nSPS) is 11.9. The molecule has 0 aliphatic carbocycles. The molecule has 0 spiro atoms. The number of carbonyl (C=O) groups is 1. The minimum absolute atomic E-state index is 0.178. The van der Waals surface area contributed by atoms with E-state index in [1.165, 1.54) is 0 Å². The van der Waals surface area contributed by atoms with Crippen LogP contribution in [0.5, 0.6) is 0 Å². The van der Waals surface area contributed by atoms with E-state index in [9.17, 15) is 4.79 Å². The smallest absolute Gasteiger partial charge is 0.251 e. The summed E-state index contributed by atoms with van der Waals surface area (Å²) in [5.41, 5.74) is 6.17. The van der Waals surface area contributed by atoms with Gasteiger partial charge in [0.15, 0.2) is 0 Å². The molecule has 98 valence electrons. The van der Waals surface area contributed by atoms with Crippen LogP contribution < -0.4 is 11.1 Å². The van der Waals surface area contributed by atoms with E-state index >= 15 is 0 Å². The summed E-state index contributed by atoms with van der Waals surface area (Å²) in [5.74, 6) is -0.178. The lowest BCUT2D eigenvalue weighted by molar-refractivity contribution is 0.0945. The molecule has 18 heavy (non-hydrogen) atoms. The SMILES string of the molecule is CCCC(NC(=O)c1cc(Br)cc(Br)c1)C(N)=S. The molecule has 1 amide bonds. The Morgan fingerprint density at radius 3 is 2.39 bits per heavy atom. The maximum atomic E-state index is 12.1. The molecule has 1 unspecified atom stereocenters. The number of hydrogen-bond acceptors (Lipinski definition) is 2. The van der Waals surface area contributed by atoms with Crippen molar-refractivity contribution in [3.63, 3.8) is 0 Å². The molecule has 1 aromatic carbocycles. The van der Waals surface area contributed by atoms with E-state index in [-0.39, 0.29) is 11.9 Å². The number of thiocarbonyl (C=S) groups is 1. The first-order valence-electron chi connectivity index (χ1n) is 5.50. The molecule has 0 fully saturated rings. The summed E-state index contributed by atoms with van der Waals surface area (Å²) in [4.78, 5) is 12.4. The van der Waals surface area contributed by atoms with Crippen molar-refractivity contribution < 1.29 is 4.79 Å². The Bertz CT molecular complexity index is 445. The first-order chi connectivity index (χ1) is 8.43. The fourth-order valence-corrected chi connectivity index (χ4v) is 2.97. The summed E-state index contributed by atoms with van der Waals surface area (Å²) < 4.78 is 1.67. The van der Waals surface area contributed by atoms with Crippen molar-refractivity contribution in [3.05, 3.63) is 32.7 Å². The van der Waals surface area contributed by atoms with Gasteiger partial charge in [-0.05, 0) is 24.6 Å². The van der Waals surface area contributed by atoms with Gasteiger partial charge < -0.3 is 11.1 Å². The first-order valence-corrected chi connectivity index (χ1v) is 7.49. The Kier molecular flexibility index (Phi) is 6.25. The predicted octanol–water partition coefficient (Wildman–Crippen LogP) is 3.40. The summed E-state index contributed by atoms with van der Waals surface area (Å²) in [5, 5.41) is 2.84. The average Bonchev–Trinajstić information content (AvgIpc) is 2.26. The van der Waals surface area contributed by atoms with Gasteiger partial charge in [-0.25, -0.2) is 0 Å². The molecule has 1 aromatic rings. The van der Waals surface area contributed by atoms with Crippen LogP contribution in [0.25, 0.3) is 0 Å². The van der Waals surface area contributed by atoms with Crippen LogP contribution in [-0.4, -0.2) is 16.9 Å². The van der Waals surface area contributed by atoms with Crippen molar-refractivity contribution in [2.24, 2.45) is 5.73 Å². The molecule has 1 rings (SSSR count). The lowest BCUT2D eigenvalue weighted by Gasteiger charge is -2.16. The highest BCUT2D eigenvalue weighted by molar-refractivity contribution is 9.11. The van der Waals surface area contributed by atoms with Crippen LogP contribution in [-0.2, 0) is 0 Å². The first kappa shape index (κ1) is 15.6. The zero-order valence-electron chi connectivity index (χ0n) is 9.87. The number of amides is 1. The van der Waals surface area contributed by atoms with Gasteiger partial charge in [0.05, 0.1) is 11.0 Å². The maximum absolute atomic E-state index is 12.1. The van der Waals surface area contributed by atoms with E-state index in [2.05, 4.69) is 37.2 Å². The third-order valence-corrected chi connectivity index (χ3v) is 3.55. The highest BCUT2D eigenvalue weighted by atomic mass is 79.9. The third kappa shape index (κ3) is 4.66. The van der Waals surface area contributed by atoms with Gasteiger partial charge in [0.2, 0.25) is 0 Å². The molecule has 3 nitrogen and oxygen atoms in total. The monoisotopic (exact) mass is 392 g/mol. The molecule has 0 radical (unpaired) electrons. The summed E-state index contributed by atoms with van der Waals surface area (Å²) in [6.45, 7) is 2.02. The largest absolute Gasteiger partial charge is 0.392 e. The lowest BCUT2D eigenvalue weighted by atomic mass is 10.1. The molecule has 3 N–H and O–H groups in total. The molecule has 0 aliphatic heterocycles. The number of halogens is 2. The number of carbonyl (C=O) groups excluding carboxylic acids is 1. The standard InChI is InChI=1S/C12H14Br2N2OS/c1-2-3-10(11(15)18)16-12(17)7-4-8(13)6-9(14)5-7/h4-6,10H,2-3H2,1H3,(H2,15,18)(H,16,17). The van der Waals surface area contributed by atoms with E-state index in [1.807, 2.05) is 13.0 Å². The van der Waals surface area contributed by atoms with Crippen molar-refractivity contribution in [1.29, 1.82) is 0 Å². The van der Waals surface area contributed by atoms with Crippen molar-refractivity contribution >= 4 is 55.0 Å². The predicted molar refractivity (Wildman–Crippen MR) is 84.8 cm³/mol. The van der Waals surface area contributed by atoms with Crippen molar-refractivity contribution in [2.45, 2.75) is 25.8 Å². The Balaban J connectivity index is 2.83. The van der Waals surface area contributed by atoms with Gasteiger partial charge in [0.25, 0.3) is 5.91 Å². The van der Waals surface area contributed by atoms with Crippen LogP contribution in [0.3, 0.4) is 0 Å². The Morgan fingerprint density at radius 2 is 1.94 bits per heavy atom. The molecule has 0 aliphatic rings. The number of rotatable bonds is 5. The summed E-state index contributed by atoms with van der Waals surface area (Å²) in [6, 6.07) is 5.12.